The van der Waals surface area contributed by atoms with E-state index in [1.54, 1.807) is 24.4 Å². The normalized spacial score (nSPS) is 12.3. The highest BCUT2D eigenvalue weighted by atomic mass is 16.5. The highest BCUT2D eigenvalue weighted by molar-refractivity contribution is 6.01. The molecule has 0 saturated heterocycles. The van der Waals surface area contributed by atoms with Crippen LogP contribution >= 0.6 is 0 Å². The van der Waals surface area contributed by atoms with Crippen LogP contribution in [0.5, 0.6) is 5.75 Å². The van der Waals surface area contributed by atoms with E-state index in [1.807, 2.05) is 30.3 Å². The van der Waals surface area contributed by atoms with Gasteiger partial charge in [-0.25, -0.2) is 4.79 Å². The van der Waals surface area contributed by atoms with Crippen molar-refractivity contribution < 1.29 is 19.4 Å². The van der Waals surface area contributed by atoms with Gasteiger partial charge >= 0.3 is 5.97 Å². The van der Waals surface area contributed by atoms with Crippen LogP contribution < -0.4 is 15.8 Å². The maximum absolute atomic E-state index is 11.0. The molecule has 1 aliphatic rings. The molecule has 0 atom stereocenters. The highest BCUT2D eigenvalue weighted by Crippen LogP contribution is 2.28. The topological polar surface area (TPSA) is 115 Å². The zero-order valence-electron chi connectivity index (χ0n) is 13.8. The second kappa shape index (κ2) is 7.62. The van der Waals surface area contributed by atoms with Crippen molar-refractivity contribution >= 4 is 28.5 Å². The number of carbonyl (C=O) groups excluding carboxylic acids is 1. The summed E-state index contributed by atoms with van der Waals surface area (Å²) in [6.45, 7) is 0.554. The summed E-state index contributed by atoms with van der Waals surface area (Å²) in [4.78, 5) is 25.8. The van der Waals surface area contributed by atoms with E-state index < -0.39 is 5.97 Å². The lowest BCUT2D eigenvalue weighted by Crippen LogP contribution is -2.25. The molecular formula is C19H17N3O4. The first-order valence-electron chi connectivity index (χ1n) is 7.91. The van der Waals surface area contributed by atoms with Gasteiger partial charge in [0.1, 0.15) is 5.75 Å². The molecule has 4 rings (SSSR count). The van der Waals surface area contributed by atoms with Gasteiger partial charge in [-0.2, -0.15) is 0 Å². The van der Waals surface area contributed by atoms with Crippen molar-refractivity contribution in [1.29, 1.82) is 0 Å². The van der Waals surface area contributed by atoms with Gasteiger partial charge < -0.3 is 20.9 Å². The fraction of sp³-hybridized carbons (Fsp3) is 0.105. The molecule has 7 nitrogen and oxygen atoms in total. The summed E-state index contributed by atoms with van der Waals surface area (Å²) >= 11 is 0. The molecule has 0 saturated carbocycles. The number of nitrogens with two attached hydrogens (primary N) is 1. The number of anilines is 1. The SMILES string of the molecule is NCc1ccc2c(c1)NC(=O)CO2.O=C(O)c1cccc2cccnc12. The summed E-state index contributed by atoms with van der Waals surface area (Å²) in [5, 5.41) is 12.4. The molecule has 7 heteroatoms. The number of rotatable bonds is 2. The number of pyridine rings is 1. The number of carboxylic acids is 1. The van der Waals surface area contributed by atoms with E-state index in [9.17, 15) is 9.59 Å². The Kier molecular flexibility index (Phi) is 5.09. The Balaban J connectivity index is 0.000000151. The van der Waals surface area contributed by atoms with Gasteiger partial charge in [-0.1, -0.05) is 24.3 Å². The molecule has 3 aromatic rings. The van der Waals surface area contributed by atoms with Crippen molar-refractivity contribution in [2.24, 2.45) is 5.73 Å². The number of benzene rings is 2. The average Bonchev–Trinajstić information content (AvgIpc) is 2.67. The van der Waals surface area contributed by atoms with Gasteiger partial charge in [0.15, 0.2) is 6.61 Å². The number of carbonyl (C=O) groups is 2. The number of nitrogens with zero attached hydrogens (tertiary/aromatic N) is 1. The molecule has 132 valence electrons. The van der Waals surface area contributed by atoms with Crippen molar-refractivity contribution in [3.63, 3.8) is 0 Å². The Hall–Kier alpha value is -3.45. The Labute approximate surface area is 149 Å². The number of amides is 1. The van der Waals surface area contributed by atoms with E-state index in [4.69, 9.17) is 15.6 Å². The number of hydrogen-bond acceptors (Lipinski definition) is 5. The fourth-order valence-corrected chi connectivity index (χ4v) is 2.53. The quantitative estimate of drug-likeness (QED) is 0.653. The summed E-state index contributed by atoms with van der Waals surface area (Å²) in [7, 11) is 0. The second-order valence-electron chi connectivity index (χ2n) is 5.56. The third-order valence-corrected chi connectivity index (χ3v) is 3.78. The summed E-state index contributed by atoms with van der Waals surface area (Å²) in [5.74, 6) is -0.359. The smallest absolute Gasteiger partial charge is 0.337 e. The largest absolute Gasteiger partial charge is 0.482 e. The predicted octanol–water partition coefficient (Wildman–Crippen LogP) is 2.41. The van der Waals surface area contributed by atoms with Crippen LogP contribution in [0.4, 0.5) is 5.69 Å². The second-order valence-corrected chi connectivity index (χ2v) is 5.56. The summed E-state index contributed by atoms with van der Waals surface area (Å²) < 4.78 is 5.18. The maximum Gasteiger partial charge on any atom is 0.337 e. The van der Waals surface area contributed by atoms with E-state index >= 15 is 0 Å². The Bertz CT molecular complexity index is 967. The minimum Gasteiger partial charge on any atom is -0.482 e. The summed E-state index contributed by atoms with van der Waals surface area (Å²) in [6.07, 6.45) is 1.59. The van der Waals surface area contributed by atoms with E-state index in [1.165, 1.54) is 0 Å². The van der Waals surface area contributed by atoms with Crippen LogP contribution in [0.2, 0.25) is 0 Å². The van der Waals surface area contributed by atoms with Crippen molar-refractivity contribution in [3.05, 3.63) is 65.9 Å². The molecule has 26 heavy (non-hydrogen) atoms. The lowest BCUT2D eigenvalue weighted by Gasteiger charge is -2.18. The van der Waals surface area contributed by atoms with E-state index in [-0.39, 0.29) is 18.1 Å². The van der Waals surface area contributed by atoms with Gasteiger partial charge in [-0.05, 0) is 29.8 Å². The first kappa shape index (κ1) is 17.4. The molecule has 4 N–H and O–H groups in total. The Morgan fingerprint density at radius 1 is 1.23 bits per heavy atom. The van der Waals surface area contributed by atoms with Crippen LogP contribution in [-0.2, 0) is 11.3 Å². The number of carboxylic acid groups (broad SMARTS) is 1. The summed E-state index contributed by atoms with van der Waals surface area (Å²) in [5.41, 5.74) is 7.94. The van der Waals surface area contributed by atoms with Crippen molar-refractivity contribution in [2.45, 2.75) is 6.54 Å². The number of ether oxygens (including phenoxy) is 1. The van der Waals surface area contributed by atoms with Crippen LogP contribution in [0.15, 0.2) is 54.7 Å². The van der Waals surface area contributed by atoms with E-state index in [0.717, 1.165) is 10.9 Å². The molecule has 1 aliphatic heterocycles. The molecule has 0 unspecified atom stereocenters. The lowest BCUT2D eigenvalue weighted by atomic mass is 10.1. The van der Waals surface area contributed by atoms with Gasteiger partial charge in [-0.3, -0.25) is 9.78 Å². The number of aromatic nitrogens is 1. The van der Waals surface area contributed by atoms with Crippen LogP contribution in [0, 0.1) is 0 Å². The highest BCUT2D eigenvalue weighted by Gasteiger charge is 2.15. The van der Waals surface area contributed by atoms with E-state index in [0.29, 0.717) is 23.5 Å². The van der Waals surface area contributed by atoms with Crippen LogP contribution in [-0.4, -0.2) is 28.6 Å². The zero-order valence-corrected chi connectivity index (χ0v) is 13.8. The third-order valence-electron chi connectivity index (χ3n) is 3.78. The van der Waals surface area contributed by atoms with E-state index in [2.05, 4.69) is 10.3 Å². The molecular weight excluding hydrogens is 334 g/mol. The van der Waals surface area contributed by atoms with Gasteiger partial charge in [0.2, 0.25) is 0 Å². The minimum atomic E-state index is -0.940. The van der Waals surface area contributed by atoms with Crippen molar-refractivity contribution in [1.82, 2.24) is 4.98 Å². The fourth-order valence-electron chi connectivity index (χ4n) is 2.53. The lowest BCUT2D eigenvalue weighted by molar-refractivity contribution is -0.118. The van der Waals surface area contributed by atoms with Gasteiger partial charge in [0, 0.05) is 18.1 Å². The first-order chi connectivity index (χ1) is 12.6. The maximum atomic E-state index is 11.0. The Morgan fingerprint density at radius 2 is 2.04 bits per heavy atom. The van der Waals surface area contributed by atoms with Crippen LogP contribution in [0.25, 0.3) is 10.9 Å². The van der Waals surface area contributed by atoms with Crippen LogP contribution in [0.3, 0.4) is 0 Å². The first-order valence-corrected chi connectivity index (χ1v) is 7.91. The molecule has 0 bridgehead atoms. The molecule has 0 fully saturated rings. The standard InChI is InChI=1S/C10H7NO2.C9H10N2O2/c12-10(13)8-5-1-3-7-4-2-6-11-9(7)8;10-4-6-1-2-8-7(3-6)11-9(12)5-13-8/h1-6H,(H,12,13);1-3H,4-5,10H2,(H,11,12). The number of hydrogen-bond donors (Lipinski definition) is 3. The summed E-state index contributed by atoms with van der Waals surface area (Å²) in [6, 6.07) is 14.3. The van der Waals surface area contributed by atoms with Gasteiger partial charge in [0.05, 0.1) is 16.8 Å². The number of nitrogens with one attached hydrogen (secondary N) is 1. The molecule has 2 aromatic carbocycles. The predicted molar refractivity (Wildman–Crippen MR) is 97.2 cm³/mol. The molecule has 1 amide bonds. The number of para-hydroxylation sites is 1. The molecule has 2 heterocycles. The minimum absolute atomic E-state index is 0.0922. The van der Waals surface area contributed by atoms with Crippen molar-refractivity contribution in [2.75, 3.05) is 11.9 Å². The van der Waals surface area contributed by atoms with Crippen molar-refractivity contribution in [3.8, 4) is 5.75 Å². The zero-order chi connectivity index (χ0) is 18.5. The molecule has 0 radical (unpaired) electrons. The van der Waals surface area contributed by atoms with Crippen LogP contribution in [0.1, 0.15) is 15.9 Å². The monoisotopic (exact) mass is 351 g/mol. The molecule has 0 spiro atoms. The molecule has 1 aromatic heterocycles. The van der Waals surface area contributed by atoms with Gasteiger partial charge in [0.25, 0.3) is 5.91 Å². The molecule has 0 aliphatic carbocycles. The Morgan fingerprint density at radius 3 is 2.81 bits per heavy atom. The number of fused-ring (bicyclic) bond motifs is 2. The number of aromatic carboxylic acids is 1. The third kappa shape index (κ3) is 3.79. The average molecular weight is 351 g/mol. The van der Waals surface area contributed by atoms with Gasteiger partial charge in [-0.15, -0.1) is 0 Å².